The number of nitrogens with two attached hydrogens (primary N) is 1. The Morgan fingerprint density at radius 2 is 1.90 bits per heavy atom. The van der Waals surface area contributed by atoms with E-state index in [0.29, 0.717) is 6.61 Å². The second-order valence-corrected chi connectivity index (χ2v) is 4.32. The zero-order valence-corrected chi connectivity index (χ0v) is 11.3. The molecule has 0 aliphatic carbocycles. The van der Waals surface area contributed by atoms with Gasteiger partial charge in [-0.15, -0.1) is 0 Å². The maximum atomic E-state index is 12.6. The van der Waals surface area contributed by atoms with Crippen LogP contribution in [0.1, 0.15) is 44.7 Å². The van der Waals surface area contributed by atoms with Crippen molar-refractivity contribution in [1.29, 1.82) is 0 Å². The lowest BCUT2D eigenvalue weighted by molar-refractivity contribution is -0.141. The van der Waals surface area contributed by atoms with Gasteiger partial charge in [-0.3, -0.25) is 5.43 Å². The van der Waals surface area contributed by atoms with Crippen LogP contribution in [0.4, 0.5) is 19.1 Å². The standard InChI is InChI=1S/C12H19F3N4O/c1-2-3-4-5-6-7-20-10-8-9(12(13,14)15)17-11(18-10)19-16/h8H,2-7,16H2,1H3,(H,17,18,19). The van der Waals surface area contributed by atoms with Crippen LogP contribution in [0.3, 0.4) is 0 Å². The fourth-order valence-electron chi connectivity index (χ4n) is 1.59. The van der Waals surface area contributed by atoms with Crippen molar-refractivity contribution in [2.45, 2.75) is 45.2 Å². The molecule has 1 rings (SSSR count). The maximum Gasteiger partial charge on any atom is 0.433 e. The summed E-state index contributed by atoms with van der Waals surface area (Å²) < 4.78 is 43.0. The molecule has 0 spiro atoms. The van der Waals surface area contributed by atoms with Gasteiger partial charge in [0.05, 0.1) is 6.61 Å². The minimum absolute atomic E-state index is 0.129. The van der Waals surface area contributed by atoms with Crippen LogP contribution in [0.2, 0.25) is 0 Å². The fourth-order valence-corrected chi connectivity index (χ4v) is 1.59. The lowest BCUT2D eigenvalue weighted by Crippen LogP contribution is -2.16. The van der Waals surface area contributed by atoms with E-state index in [9.17, 15) is 13.2 Å². The van der Waals surface area contributed by atoms with Gasteiger partial charge in [-0.2, -0.15) is 18.2 Å². The van der Waals surface area contributed by atoms with Gasteiger partial charge < -0.3 is 4.74 Å². The summed E-state index contributed by atoms with van der Waals surface area (Å²) in [6.07, 6.45) is 0.560. The Kier molecular flexibility index (Phi) is 6.50. The zero-order chi connectivity index (χ0) is 15.0. The van der Waals surface area contributed by atoms with Crippen LogP contribution in [0, 0.1) is 0 Å². The van der Waals surface area contributed by atoms with E-state index in [4.69, 9.17) is 10.6 Å². The Morgan fingerprint density at radius 3 is 2.50 bits per heavy atom. The van der Waals surface area contributed by atoms with E-state index in [1.54, 1.807) is 0 Å². The Hall–Kier alpha value is -1.57. The van der Waals surface area contributed by atoms with Gasteiger partial charge in [-0.25, -0.2) is 10.8 Å². The molecule has 1 aromatic rings. The van der Waals surface area contributed by atoms with E-state index in [1.165, 1.54) is 0 Å². The molecule has 5 nitrogen and oxygen atoms in total. The predicted octanol–water partition coefficient (Wildman–Crippen LogP) is 3.13. The number of aromatic nitrogens is 2. The summed E-state index contributed by atoms with van der Waals surface area (Å²) in [7, 11) is 0. The van der Waals surface area contributed by atoms with Crippen LogP contribution >= 0.6 is 0 Å². The number of hydrogen-bond donors (Lipinski definition) is 2. The number of nitrogen functional groups attached to an aromatic ring is 1. The average molecular weight is 292 g/mol. The number of hydrazine groups is 1. The van der Waals surface area contributed by atoms with Crippen molar-refractivity contribution < 1.29 is 17.9 Å². The Labute approximate surface area is 115 Å². The number of unbranched alkanes of at least 4 members (excludes halogenated alkanes) is 4. The molecule has 114 valence electrons. The van der Waals surface area contributed by atoms with Gasteiger partial charge in [-0.05, 0) is 6.42 Å². The molecule has 0 saturated heterocycles. The normalized spacial score (nSPS) is 11.4. The third-order valence-electron chi connectivity index (χ3n) is 2.62. The minimum Gasteiger partial charge on any atom is -0.478 e. The number of ether oxygens (including phenoxy) is 1. The van der Waals surface area contributed by atoms with Crippen LogP contribution in [0.5, 0.6) is 5.88 Å². The average Bonchev–Trinajstić information content (AvgIpc) is 2.41. The van der Waals surface area contributed by atoms with E-state index in [0.717, 1.165) is 38.2 Å². The zero-order valence-electron chi connectivity index (χ0n) is 11.3. The molecule has 0 amide bonds. The quantitative estimate of drug-likeness (QED) is 0.437. The third-order valence-corrected chi connectivity index (χ3v) is 2.62. The number of anilines is 1. The fraction of sp³-hybridized carbons (Fsp3) is 0.667. The Balaban J connectivity index is 2.56. The molecule has 0 fully saturated rings. The molecule has 0 radical (unpaired) electrons. The molecule has 1 aromatic heterocycles. The molecule has 3 N–H and O–H groups in total. The molecule has 0 saturated carbocycles. The van der Waals surface area contributed by atoms with Crippen molar-refractivity contribution in [2.24, 2.45) is 5.84 Å². The second kappa shape index (κ2) is 7.88. The Bertz CT molecular complexity index is 412. The molecule has 20 heavy (non-hydrogen) atoms. The number of hydrogen-bond acceptors (Lipinski definition) is 5. The van der Waals surface area contributed by atoms with Crippen molar-refractivity contribution in [3.8, 4) is 5.88 Å². The van der Waals surface area contributed by atoms with Crippen molar-refractivity contribution in [3.05, 3.63) is 11.8 Å². The lowest BCUT2D eigenvalue weighted by Gasteiger charge is -2.10. The smallest absolute Gasteiger partial charge is 0.433 e. The van der Waals surface area contributed by atoms with Crippen molar-refractivity contribution in [3.63, 3.8) is 0 Å². The summed E-state index contributed by atoms with van der Waals surface area (Å²) in [5.74, 6) is 4.60. The third kappa shape index (κ3) is 5.60. The van der Waals surface area contributed by atoms with Crippen LogP contribution in [0.25, 0.3) is 0 Å². The summed E-state index contributed by atoms with van der Waals surface area (Å²) >= 11 is 0. The number of rotatable bonds is 8. The molecular formula is C12H19F3N4O. The molecule has 1 heterocycles. The Morgan fingerprint density at radius 1 is 1.20 bits per heavy atom. The minimum atomic E-state index is -4.56. The van der Waals surface area contributed by atoms with Crippen LogP contribution in [-0.4, -0.2) is 16.6 Å². The first kappa shape index (κ1) is 16.5. The van der Waals surface area contributed by atoms with Crippen molar-refractivity contribution in [2.75, 3.05) is 12.0 Å². The summed E-state index contributed by atoms with van der Waals surface area (Å²) in [4.78, 5) is 6.97. The molecule has 0 aliphatic heterocycles. The molecule has 8 heteroatoms. The van der Waals surface area contributed by atoms with E-state index in [2.05, 4.69) is 16.9 Å². The first-order valence-electron chi connectivity index (χ1n) is 6.53. The van der Waals surface area contributed by atoms with Gasteiger partial charge in [0.25, 0.3) is 0 Å². The van der Waals surface area contributed by atoms with Gasteiger partial charge in [-0.1, -0.05) is 32.6 Å². The van der Waals surface area contributed by atoms with E-state index in [1.807, 2.05) is 5.43 Å². The number of nitrogens with one attached hydrogen (secondary N) is 1. The molecule has 0 aliphatic rings. The highest BCUT2D eigenvalue weighted by molar-refractivity contribution is 5.30. The summed E-state index contributed by atoms with van der Waals surface area (Å²) in [6.45, 7) is 2.43. The summed E-state index contributed by atoms with van der Waals surface area (Å²) in [5.41, 5.74) is 0.914. The summed E-state index contributed by atoms with van der Waals surface area (Å²) in [5, 5.41) is 0. The van der Waals surface area contributed by atoms with Gasteiger partial charge in [0.15, 0.2) is 5.69 Å². The highest BCUT2D eigenvalue weighted by Crippen LogP contribution is 2.30. The molecule has 0 atom stereocenters. The first-order chi connectivity index (χ1) is 9.47. The predicted molar refractivity (Wildman–Crippen MR) is 69.1 cm³/mol. The van der Waals surface area contributed by atoms with Crippen LogP contribution in [-0.2, 0) is 6.18 Å². The van der Waals surface area contributed by atoms with Crippen molar-refractivity contribution >= 4 is 5.95 Å². The number of nitrogens with zero attached hydrogens (tertiary/aromatic N) is 2. The monoisotopic (exact) mass is 292 g/mol. The molecule has 0 aromatic carbocycles. The molecule has 0 bridgehead atoms. The second-order valence-electron chi connectivity index (χ2n) is 4.32. The van der Waals surface area contributed by atoms with E-state index >= 15 is 0 Å². The number of alkyl halides is 3. The SMILES string of the molecule is CCCCCCCOc1cc(C(F)(F)F)nc(NN)n1. The van der Waals surface area contributed by atoms with E-state index < -0.39 is 11.9 Å². The highest BCUT2D eigenvalue weighted by atomic mass is 19.4. The van der Waals surface area contributed by atoms with Crippen LogP contribution < -0.4 is 16.0 Å². The van der Waals surface area contributed by atoms with Gasteiger partial charge in [0.2, 0.25) is 11.8 Å². The maximum absolute atomic E-state index is 12.6. The van der Waals surface area contributed by atoms with Gasteiger partial charge >= 0.3 is 6.18 Å². The van der Waals surface area contributed by atoms with Crippen molar-refractivity contribution in [1.82, 2.24) is 9.97 Å². The highest BCUT2D eigenvalue weighted by Gasteiger charge is 2.34. The lowest BCUT2D eigenvalue weighted by atomic mass is 10.2. The van der Waals surface area contributed by atoms with Gasteiger partial charge in [0.1, 0.15) is 0 Å². The molecule has 0 unspecified atom stereocenters. The number of halogens is 3. The van der Waals surface area contributed by atoms with Gasteiger partial charge in [0, 0.05) is 6.07 Å². The van der Waals surface area contributed by atoms with Crippen LogP contribution in [0.15, 0.2) is 6.07 Å². The topological polar surface area (TPSA) is 73.1 Å². The van der Waals surface area contributed by atoms with E-state index in [-0.39, 0.29) is 11.8 Å². The largest absolute Gasteiger partial charge is 0.478 e. The summed E-state index contributed by atoms with van der Waals surface area (Å²) in [6, 6.07) is 0.771. The molecular weight excluding hydrogens is 273 g/mol. The first-order valence-corrected chi connectivity index (χ1v) is 6.53.